The summed E-state index contributed by atoms with van der Waals surface area (Å²) in [6.07, 6.45) is 4.23. The molecule has 1 aromatic carbocycles. The number of hydrogen-bond acceptors (Lipinski definition) is 4. The number of carbonyl (C=O) groups is 1. The standard InChI is InChI=1S/C19H24N4O2/c1-13-14(9-20-22(13)2)10-23-11-16(12-23)25-18-6-4-3-5-17(18)19(24)21-15-7-8-15/h3-6,9,15-16H,7-8,10-12H2,1-2H3,(H,21,24). The van der Waals surface area contributed by atoms with Gasteiger partial charge in [0.15, 0.2) is 0 Å². The van der Waals surface area contributed by atoms with Crippen molar-refractivity contribution in [1.29, 1.82) is 0 Å². The van der Waals surface area contributed by atoms with E-state index in [-0.39, 0.29) is 12.0 Å². The van der Waals surface area contributed by atoms with Gasteiger partial charge in [-0.25, -0.2) is 0 Å². The Labute approximate surface area is 147 Å². The Morgan fingerprint density at radius 3 is 2.76 bits per heavy atom. The van der Waals surface area contributed by atoms with Gasteiger partial charge in [0.05, 0.1) is 11.8 Å². The molecule has 1 saturated heterocycles. The Bertz CT molecular complexity index is 775. The Kier molecular flexibility index (Phi) is 4.21. The molecule has 2 aliphatic rings. The molecule has 1 aliphatic heterocycles. The third kappa shape index (κ3) is 3.54. The number of nitrogens with zero attached hydrogens (tertiary/aromatic N) is 3. The molecule has 2 fully saturated rings. The second kappa shape index (κ2) is 6.52. The summed E-state index contributed by atoms with van der Waals surface area (Å²) in [5.74, 6) is 0.656. The highest BCUT2D eigenvalue weighted by Gasteiger charge is 2.31. The molecule has 6 heteroatoms. The number of aryl methyl sites for hydroxylation is 1. The van der Waals surface area contributed by atoms with Gasteiger partial charge in [0, 0.05) is 44.0 Å². The molecule has 0 radical (unpaired) electrons. The van der Waals surface area contributed by atoms with Crippen molar-refractivity contribution in [2.75, 3.05) is 13.1 Å². The fraction of sp³-hybridized carbons (Fsp3) is 0.474. The van der Waals surface area contributed by atoms with Crippen molar-refractivity contribution < 1.29 is 9.53 Å². The summed E-state index contributed by atoms with van der Waals surface area (Å²) in [6.45, 7) is 4.72. The van der Waals surface area contributed by atoms with E-state index in [1.54, 1.807) is 0 Å². The van der Waals surface area contributed by atoms with Gasteiger partial charge in [-0.1, -0.05) is 12.1 Å². The number of para-hydroxylation sites is 1. The van der Waals surface area contributed by atoms with Crippen LogP contribution < -0.4 is 10.1 Å². The largest absolute Gasteiger partial charge is 0.487 e. The van der Waals surface area contributed by atoms with Crippen LogP contribution in [0.1, 0.15) is 34.5 Å². The molecular weight excluding hydrogens is 316 g/mol. The lowest BCUT2D eigenvalue weighted by atomic mass is 10.1. The molecule has 4 rings (SSSR count). The van der Waals surface area contributed by atoms with E-state index in [2.05, 4.69) is 22.2 Å². The fourth-order valence-corrected chi connectivity index (χ4v) is 3.09. The first-order valence-corrected chi connectivity index (χ1v) is 8.86. The number of carbonyl (C=O) groups excluding carboxylic acids is 1. The van der Waals surface area contributed by atoms with E-state index in [4.69, 9.17) is 4.74 Å². The van der Waals surface area contributed by atoms with Crippen LogP contribution in [0, 0.1) is 6.92 Å². The minimum absolute atomic E-state index is 0.0275. The monoisotopic (exact) mass is 340 g/mol. The lowest BCUT2D eigenvalue weighted by Crippen LogP contribution is -2.53. The maximum atomic E-state index is 12.3. The van der Waals surface area contributed by atoms with E-state index in [1.807, 2.05) is 42.2 Å². The van der Waals surface area contributed by atoms with Crippen LogP contribution in [-0.4, -0.2) is 45.8 Å². The predicted octanol–water partition coefficient (Wildman–Crippen LogP) is 1.88. The van der Waals surface area contributed by atoms with Crippen molar-refractivity contribution in [3.05, 3.63) is 47.3 Å². The van der Waals surface area contributed by atoms with Gasteiger partial charge in [-0.15, -0.1) is 0 Å². The highest BCUT2D eigenvalue weighted by atomic mass is 16.5. The number of hydrogen-bond donors (Lipinski definition) is 1. The van der Waals surface area contributed by atoms with Crippen molar-refractivity contribution in [1.82, 2.24) is 20.0 Å². The van der Waals surface area contributed by atoms with Gasteiger partial charge in [0.25, 0.3) is 5.91 Å². The molecule has 132 valence electrons. The molecule has 6 nitrogen and oxygen atoms in total. The van der Waals surface area contributed by atoms with E-state index < -0.39 is 0 Å². The van der Waals surface area contributed by atoms with Crippen LogP contribution in [0.5, 0.6) is 5.75 Å². The molecule has 0 unspecified atom stereocenters. The summed E-state index contributed by atoms with van der Waals surface area (Å²) in [4.78, 5) is 14.7. The SMILES string of the molecule is Cc1c(CN2CC(Oc3ccccc3C(=O)NC3CC3)C2)cnn1C. The molecule has 1 aliphatic carbocycles. The number of aromatic nitrogens is 2. The summed E-state index contributed by atoms with van der Waals surface area (Å²) >= 11 is 0. The summed E-state index contributed by atoms with van der Waals surface area (Å²) < 4.78 is 7.99. The highest BCUT2D eigenvalue weighted by molar-refractivity contribution is 5.97. The van der Waals surface area contributed by atoms with Gasteiger partial charge in [-0.05, 0) is 31.9 Å². The van der Waals surface area contributed by atoms with Crippen LogP contribution in [0.4, 0.5) is 0 Å². The Morgan fingerprint density at radius 1 is 1.32 bits per heavy atom. The van der Waals surface area contributed by atoms with E-state index in [1.165, 1.54) is 11.3 Å². The van der Waals surface area contributed by atoms with Crippen molar-refractivity contribution in [2.24, 2.45) is 7.05 Å². The predicted molar refractivity (Wildman–Crippen MR) is 94.6 cm³/mol. The van der Waals surface area contributed by atoms with Crippen molar-refractivity contribution in [3.8, 4) is 5.75 Å². The third-order valence-electron chi connectivity index (χ3n) is 4.99. The number of ether oxygens (including phenoxy) is 1. The molecule has 0 bridgehead atoms. The topological polar surface area (TPSA) is 59.4 Å². The van der Waals surface area contributed by atoms with Crippen LogP contribution in [0.3, 0.4) is 0 Å². The second-order valence-electron chi connectivity index (χ2n) is 7.06. The maximum absolute atomic E-state index is 12.3. The third-order valence-corrected chi connectivity index (χ3v) is 4.99. The molecule has 1 amide bonds. The Hall–Kier alpha value is -2.34. The zero-order valence-electron chi connectivity index (χ0n) is 14.7. The van der Waals surface area contributed by atoms with Gasteiger partial charge in [0.2, 0.25) is 0 Å². The molecule has 1 N–H and O–H groups in total. The minimum Gasteiger partial charge on any atom is -0.487 e. The van der Waals surface area contributed by atoms with E-state index in [0.29, 0.717) is 17.4 Å². The molecular formula is C19H24N4O2. The number of likely N-dealkylation sites (tertiary alicyclic amines) is 1. The summed E-state index contributed by atoms with van der Waals surface area (Å²) in [5, 5.41) is 7.32. The van der Waals surface area contributed by atoms with Gasteiger partial charge < -0.3 is 10.1 Å². The van der Waals surface area contributed by atoms with Crippen molar-refractivity contribution in [2.45, 2.75) is 38.5 Å². The molecule has 2 aromatic rings. The smallest absolute Gasteiger partial charge is 0.255 e. The van der Waals surface area contributed by atoms with E-state index in [0.717, 1.165) is 32.5 Å². The van der Waals surface area contributed by atoms with Crippen LogP contribution >= 0.6 is 0 Å². The quantitative estimate of drug-likeness (QED) is 0.872. The normalized spacial score (nSPS) is 18.0. The van der Waals surface area contributed by atoms with Crippen LogP contribution in [0.15, 0.2) is 30.5 Å². The van der Waals surface area contributed by atoms with Gasteiger partial charge in [0.1, 0.15) is 11.9 Å². The average molecular weight is 340 g/mol. The van der Waals surface area contributed by atoms with Gasteiger partial charge >= 0.3 is 0 Å². The van der Waals surface area contributed by atoms with Gasteiger partial charge in [-0.3, -0.25) is 14.4 Å². The minimum atomic E-state index is -0.0275. The number of amides is 1. The number of nitrogens with one attached hydrogen (secondary N) is 1. The zero-order chi connectivity index (χ0) is 17.4. The van der Waals surface area contributed by atoms with E-state index >= 15 is 0 Å². The fourth-order valence-electron chi connectivity index (χ4n) is 3.09. The maximum Gasteiger partial charge on any atom is 0.255 e. The first-order chi connectivity index (χ1) is 12.1. The van der Waals surface area contributed by atoms with Crippen LogP contribution in [-0.2, 0) is 13.6 Å². The number of benzene rings is 1. The summed E-state index contributed by atoms with van der Waals surface area (Å²) in [6, 6.07) is 7.87. The van der Waals surface area contributed by atoms with Gasteiger partial charge in [-0.2, -0.15) is 5.10 Å². The second-order valence-corrected chi connectivity index (χ2v) is 7.06. The molecule has 2 heterocycles. The average Bonchev–Trinajstić information content (AvgIpc) is 3.33. The van der Waals surface area contributed by atoms with E-state index in [9.17, 15) is 4.79 Å². The van der Waals surface area contributed by atoms with Crippen molar-refractivity contribution in [3.63, 3.8) is 0 Å². The Morgan fingerprint density at radius 2 is 2.08 bits per heavy atom. The first kappa shape index (κ1) is 16.1. The molecule has 25 heavy (non-hydrogen) atoms. The summed E-state index contributed by atoms with van der Waals surface area (Å²) in [5.41, 5.74) is 3.09. The molecule has 1 saturated carbocycles. The first-order valence-electron chi connectivity index (χ1n) is 8.86. The Balaban J connectivity index is 1.33. The van der Waals surface area contributed by atoms with Crippen LogP contribution in [0.2, 0.25) is 0 Å². The lowest BCUT2D eigenvalue weighted by Gasteiger charge is -2.39. The lowest BCUT2D eigenvalue weighted by molar-refractivity contribution is 0.0139. The molecule has 1 aromatic heterocycles. The van der Waals surface area contributed by atoms with Crippen molar-refractivity contribution >= 4 is 5.91 Å². The molecule has 0 atom stereocenters. The zero-order valence-corrected chi connectivity index (χ0v) is 14.7. The summed E-state index contributed by atoms with van der Waals surface area (Å²) in [7, 11) is 1.96. The highest BCUT2D eigenvalue weighted by Crippen LogP contribution is 2.25. The van der Waals surface area contributed by atoms with Crippen LogP contribution in [0.25, 0.3) is 0 Å². The molecule has 0 spiro atoms. The number of rotatable bonds is 6.